The van der Waals surface area contributed by atoms with Gasteiger partial charge in [-0.05, 0) is 43.2 Å². The third kappa shape index (κ3) is 3.03. The first kappa shape index (κ1) is 15.4. The zero-order chi connectivity index (χ0) is 16.6. The summed E-state index contributed by atoms with van der Waals surface area (Å²) in [7, 11) is 1.53. The summed E-state index contributed by atoms with van der Waals surface area (Å²) in [6.45, 7) is 3.84. The minimum atomic E-state index is -0.334. The number of methoxy groups -OCH3 is 1. The Labute approximate surface area is 139 Å². The van der Waals surface area contributed by atoms with Crippen molar-refractivity contribution in [1.29, 1.82) is 0 Å². The number of fused-ring (bicyclic) bond motifs is 1. The van der Waals surface area contributed by atoms with Crippen LogP contribution < -0.4 is 10.1 Å². The van der Waals surface area contributed by atoms with Gasteiger partial charge in [0.1, 0.15) is 11.3 Å². The molecule has 0 bridgehead atoms. The van der Waals surface area contributed by atoms with E-state index >= 15 is 0 Å². The van der Waals surface area contributed by atoms with Crippen LogP contribution in [0.2, 0.25) is 5.02 Å². The van der Waals surface area contributed by atoms with Gasteiger partial charge in [0.05, 0.1) is 12.8 Å². The largest absolute Gasteiger partial charge is 0.495 e. The molecule has 0 spiro atoms. The van der Waals surface area contributed by atoms with Crippen molar-refractivity contribution in [2.24, 2.45) is 0 Å². The number of amides is 1. The lowest BCUT2D eigenvalue weighted by molar-refractivity contribution is 0.0998. The molecule has 2 aromatic carbocycles. The Morgan fingerprint density at radius 2 is 1.96 bits per heavy atom. The Balaban J connectivity index is 1.93. The van der Waals surface area contributed by atoms with Crippen molar-refractivity contribution in [1.82, 2.24) is 0 Å². The fraction of sp³-hybridized carbons (Fsp3) is 0.167. The molecule has 118 valence electrons. The van der Waals surface area contributed by atoms with E-state index in [0.717, 1.165) is 16.5 Å². The second kappa shape index (κ2) is 5.97. The third-order valence-corrected chi connectivity index (χ3v) is 4.04. The standard InChI is InChI=1S/C18H16ClNO3/c1-10-4-5-12-8-17(23-15(12)6-10)18(21)20-14-7-11(2)13(19)9-16(14)22-3/h4-9H,1-3H3,(H,20,21). The molecule has 4 nitrogen and oxygen atoms in total. The molecule has 1 heterocycles. The van der Waals surface area contributed by atoms with Gasteiger partial charge in [0.15, 0.2) is 5.76 Å². The van der Waals surface area contributed by atoms with Crippen LogP contribution in [0.3, 0.4) is 0 Å². The zero-order valence-electron chi connectivity index (χ0n) is 13.1. The number of rotatable bonds is 3. The van der Waals surface area contributed by atoms with Gasteiger partial charge < -0.3 is 14.5 Å². The molecule has 0 atom stereocenters. The average molecular weight is 330 g/mol. The van der Waals surface area contributed by atoms with Gasteiger partial charge in [0.25, 0.3) is 5.91 Å². The summed E-state index contributed by atoms with van der Waals surface area (Å²) >= 11 is 6.08. The molecule has 0 aliphatic rings. The van der Waals surface area contributed by atoms with Crippen LogP contribution >= 0.6 is 11.6 Å². The molecule has 0 radical (unpaired) electrons. The number of anilines is 1. The van der Waals surface area contributed by atoms with Crippen LogP contribution in [-0.4, -0.2) is 13.0 Å². The van der Waals surface area contributed by atoms with E-state index in [-0.39, 0.29) is 11.7 Å². The summed E-state index contributed by atoms with van der Waals surface area (Å²) in [6.07, 6.45) is 0. The van der Waals surface area contributed by atoms with Crippen LogP contribution in [0.5, 0.6) is 5.75 Å². The van der Waals surface area contributed by atoms with Gasteiger partial charge in [-0.25, -0.2) is 0 Å². The number of aryl methyl sites for hydroxylation is 2. The summed E-state index contributed by atoms with van der Waals surface area (Å²) < 4.78 is 10.9. The van der Waals surface area contributed by atoms with Crippen molar-refractivity contribution in [2.75, 3.05) is 12.4 Å². The van der Waals surface area contributed by atoms with Crippen molar-refractivity contribution < 1.29 is 13.9 Å². The topological polar surface area (TPSA) is 51.5 Å². The van der Waals surface area contributed by atoms with Crippen LogP contribution in [-0.2, 0) is 0 Å². The van der Waals surface area contributed by atoms with E-state index in [2.05, 4.69) is 5.32 Å². The van der Waals surface area contributed by atoms with Gasteiger partial charge >= 0.3 is 0 Å². The summed E-state index contributed by atoms with van der Waals surface area (Å²) in [4.78, 5) is 12.4. The molecule has 0 aliphatic heterocycles. The Bertz CT molecular complexity index is 899. The smallest absolute Gasteiger partial charge is 0.291 e. The SMILES string of the molecule is COc1cc(Cl)c(C)cc1NC(=O)c1cc2ccc(C)cc2o1. The molecule has 23 heavy (non-hydrogen) atoms. The highest BCUT2D eigenvalue weighted by atomic mass is 35.5. The fourth-order valence-corrected chi connectivity index (χ4v) is 2.52. The normalized spacial score (nSPS) is 10.8. The minimum Gasteiger partial charge on any atom is -0.495 e. The molecule has 3 aromatic rings. The van der Waals surface area contributed by atoms with Gasteiger partial charge in [-0.2, -0.15) is 0 Å². The molecule has 0 saturated heterocycles. The third-order valence-electron chi connectivity index (χ3n) is 3.63. The van der Waals surface area contributed by atoms with Gasteiger partial charge in [-0.15, -0.1) is 0 Å². The van der Waals surface area contributed by atoms with Crippen molar-refractivity contribution in [3.05, 3.63) is 58.3 Å². The summed E-state index contributed by atoms with van der Waals surface area (Å²) in [6, 6.07) is 11.0. The average Bonchev–Trinajstić information content (AvgIpc) is 2.93. The van der Waals surface area contributed by atoms with Crippen molar-refractivity contribution in [3.63, 3.8) is 0 Å². The first-order chi connectivity index (χ1) is 11.0. The van der Waals surface area contributed by atoms with E-state index in [4.69, 9.17) is 20.8 Å². The maximum atomic E-state index is 12.4. The number of halogens is 1. The highest BCUT2D eigenvalue weighted by Crippen LogP contribution is 2.31. The molecular formula is C18H16ClNO3. The van der Waals surface area contributed by atoms with Crippen LogP contribution in [0, 0.1) is 13.8 Å². The maximum Gasteiger partial charge on any atom is 0.291 e. The quantitative estimate of drug-likeness (QED) is 0.738. The molecule has 1 amide bonds. The lowest BCUT2D eigenvalue weighted by atomic mass is 10.2. The first-order valence-electron chi connectivity index (χ1n) is 7.13. The Hall–Kier alpha value is -2.46. The van der Waals surface area contributed by atoms with Crippen molar-refractivity contribution in [3.8, 4) is 5.75 Å². The molecule has 0 fully saturated rings. The van der Waals surface area contributed by atoms with Crippen molar-refractivity contribution in [2.45, 2.75) is 13.8 Å². The first-order valence-corrected chi connectivity index (χ1v) is 7.51. The van der Waals surface area contributed by atoms with Crippen LogP contribution in [0.25, 0.3) is 11.0 Å². The second-order valence-corrected chi connectivity index (χ2v) is 5.81. The summed E-state index contributed by atoms with van der Waals surface area (Å²) in [5.41, 5.74) is 3.17. The number of carbonyl (C=O) groups is 1. The molecule has 3 rings (SSSR count). The number of carbonyl (C=O) groups excluding carboxylic acids is 1. The fourth-order valence-electron chi connectivity index (χ4n) is 2.36. The number of benzene rings is 2. The second-order valence-electron chi connectivity index (χ2n) is 5.41. The Morgan fingerprint density at radius 1 is 1.17 bits per heavy atom. The highest BCUT2D eigenvalue weighted by Gasteiger charge is 2.15. The summed E-state index contributed by atoms with van der Waals surface area (Å²) in [5.74, 6) is 0.417. The van der Waals surface area contributed by atoms with Crippen LogP contribution in [0.15, 0.2) is 40.8 Å². The number of hydrogen-bond acceptors (Lipinski definition) is 3. The number of furan rings is 1. The van der Waals surface area contributed by atoms with Crippen LogP contribution in [0.4, 0.5) is 5.69 Å². The number of nitrogens with one attached hydrogen (secondary N) is 1. The van der Waals surface area contributed by atoms with E-state index < -0.39 is 0 Å². The monoisotopic (exact) mass is 329 g/mol. The molecule has 5 heteroatoms. The predicted octanol–water partition coefficient (Wildman–Crippen LogP) is 4.96. The Morgan fingerprint density at radius 3 is 2.70 bits per heavy atom. The zero-order valence-corrected chi connectivity index (χ0v) is 13.8. The molecule has 1 N–H and O–H groups in total. The van der Waals surface area contributed by atoms with Gasteiger partial charge in [0, 0.05) is 16.5 Å². The van der Waals surface area contributed by atoms with Gasteiger partial charge in [0.2, 0.25) is 0 Å². The van der Waals surface area contributed by atoms with E-state index in [9.17, 15) is 4.79 Å². The molecule has 1 aromatic heterocycles. The molecule has 0 saturated carbocycles. The van der Waals surface area contributed by atoms with E-state index in [1.54, 1.807) is 18.2 Å². The number of ether oxygens (including phenoxy) is 1. The Kier molecular flexibility index (Phi) is 4.01. The predicted molar refractivity (Wildman–Crippen MR) is 91.6 cm³/mol. The lowest BCUT2D eigenvalue weighted by Gasteiger charge is -2.11. The maximum absolute atomic E-state index is 12.4. The minimum absolute atomic E-state index is 0.250. The van der Waals surface area contributed by atoms with Crippen molar-refractivity contribution >= 4 is 34.2 Å². The summed E-state index contributed by atoms with van der Waals surface area (Å²) in [5, 5.41) is 4.28. The number of hydrogen-bond donors (Lipinski definition) is 1. The van der Waals surface area contributed by atoms with Crippen LogP contribution in [0.1, 0.15) is 21.7 Å². The van der Waals surface area contributed by atoms with Gasteiger partial charge in [-0.3, -0.25) is 4.79 Å². The lowest BCUT2D eigenvalue weighted by Crippen LogP contribution is -2.12. The van der Waals surface area contributed by atoms with Gasteiger partial charge in [-0.1, -0.05) is 23.7 Å². The van der Waals surface area contributed by atoms with E-state index in [1.807, 2.05) is 32.0 Å². The highest BCUT2D eigenvalue weighted by molar-refractivity contribution is 6.31. The molecule has 0 unspecified atom stereocenters. The van der Waals surface area contributed by atoms with E-state index in [1.165, 1.54) is 7.11 Å². The molecule has 0 aliphatic carbocycles. The van der Waals surface area contributed by atoms with E-state index in [0.29, 0.717) is 22.0 Å². The molecular weight excluding hydrogens is 314 g/mol.